The van der Waals surface area contributed by atoms with Gasteiger partial charge in [-0.05, 0) is 46.6 Å². The minimum Gasteiger partial charge on any atom is -0.370 e. The number of benzene rings is 1. The molecule has 1 amide bonds. The molecule has 1 aromatic heterocycles. The fourth-order valence-corrected chi connectivity index (χ4v) is 2.39. The first-order valence-corrected chi connectivity index (χ1v) is 7.69. The Bertz CT molecular complexity index is 649. The van der Waals surface area contributed by atoms with E-state index in [0.717, 1.165) is 10.0 Å². The maximum Gasteiger partial charge on any atom is 0.255 e. The van der Waals surface area contributed by atoms with E-state index in [2.05, 4.69) is 31.5 Å². The van der Waals surface area contributed by atoms with Gasteiger partial charge in [0.2, 0.25) is 0 Å². The molecule has 110 valence electrons. The van der Waals surface area contributed by atoms with Crippen molar-refractivity contribution >= 4 is 39.3 Å². The van der Waals surface area contributed by atoms with E-state index in [0.29, 0.717) is 29.5 Å². The fourth-order valence-electron chi connectivity index (χ4n) is 1.85. The van der Waals surface area contributed by atoms with Crippen molar-refractivity contribution < 1.29 is 4.79 Å². The summed E-state index contributed by atoms with van der Waals surface area (Å²) in [5.74, 6) is 0.393. The number of amides is 1. The van der Waals surface area contributed by atoms with Gasteiger partial charge in [0.15, 0.2) is 0 Å². The van der Waals surface area contributed by atoms with E-state index >= 15 is 0 Å². The summed E-state index contributed by atoms with van der Waals surface area (Å²) in [7, 11) is 0. The number of halogens is 2. The van der Waals surface area contributed by atoms with Crippen LogP contribution in [-0.2, 0) is 6.54 Å². The lowest BCUT2D eigenvalue weighted by molar-refractivity contribution is 0.0951. The Labute approximate surface area is 137 Å². The van der Waals surface area contributed by atoms with Crippen LogP contribution in [0.1, 0.15) is 22.8 Å². The highest BCUT2D eigenvalue weighted by atomic mass is 79.9. The average molecular weight is 369 g/mol. The summed E-state index contributed by atoms with van der Waals surface area (Å²) in [5, 5.41) is 6.60. The summed E-state index contributed by atoms with van der Waals surface area (Å²) in [6.45, 7) is 3.07. The summed E-state index contributed by atoms with van der Waals surface area (Å²) >= 11 is 9.26. The third kappa shape index (κ3) is 4.44. The van der Waals surface area contributed by atoms with Gasteiger partial charge in [0.05, 0.1) is 5.56 Å². The number of anilines is 1. The van der Waals surface area contributed by atoms with Gasteiger partial charge < -0.3 is 10.6 Å². The number of hydrogen-bond donors (Lipinski definition) is 2. The monoisotopic (exact) mass is 367 g/mol. The fraction of sp³-hybridized carbons (Fsp3) is 0.200. The Hall–Kier alpha value is -1.59. The largest absolute Gasteiger partial charge is 0.370 e. The van der Waals surface area contributed by atoms with Crippen LogP contribution in [0.25, 0.3) is 0 Å². The molecular formula is C15H15BrClN3O. The number of nitrogens with one attached hydrogen (secondary N) is 2. The topological polar surface area (TPSA) is 54.0 Å². The van der Waals surface area contributed by atoms with Crippen LogP contribution in [0.15, 0.2) is 41.0 Å². The molecule has 0 fully saturated rings. The minimum atomic E-state index is -0.181. The standard InChI is InChI=1S/C15H15BrClN3O/c1-2-18-14-13(7-11(16)9-19-14)15(21)20-8-10-4-3-5-12(17)6-10/h3-7,9H,2,8H2,1H3,(H,18,19)(H,20,21). The summed E-state index contributed by atoms with van der Waals surface area (Å²) < 4.78 is 0.761. The maximum atomic E-state index is 12.3. The second-order valence-electron chi connectivity index (χ2n) is 4.39. The van der Waals surface area contributed by atoms with Gasteiger partial charge >= 0.3 is 0 Å². The second-order valence-corrected chi connectivity index (χ2v) is 5.74. The highest BCUT2D eigenvalue weighted by Crippen LogP contribution is 2.18. The molecule has 0 atom stereocenters. The molecule has 0 aliphatic carbocycles. The Kier molecular flexibility index (Phi) is 5.59. The van der Waals surface area contributed by atoms with Crippen molar-refractivity contribution in [1.29, 1.82) is 0 Å². The highest BCUT2D eigenvalue weighted by Gasteiger charge is 2.12. The Balaban J connectivity index is 2.11. The molecule has 1 heterocycles. The lowest BCUT2D eigenvalue weighted by Crippen LogP contribution is -2.24. The molecule has 2 rings (SSSR count). The molecule has 0 spiro atoms. The van der Waals surface area contributed by atoms with Crippen LogP contribution in [0.5, 0.6) is 0 Å². The first-order valence-electron chi connectivity index (χ1n) is 6.52. The van der Waals surface area contributed by atoms with Gasteiger partial charge in [-0.15, -0.1) is 0 Å². The minimum absolute atomic E-state index is 0.181. The predicted octanol–water partition coefficient (Wildman–Crippen LogP) is 3.86. The van der Waals surface area contributed by atoms with Crippen molar-refractivity contribution in [2.24, 2.45) is 0 Å². The van der Waals surface area contributed by atoms with Gasteiger partial charge in [-0.25, -0.2) is 4.98 Å². The lowest BCUT2D eigenvalue weighted by Gasteiger charge is -2.11. The lowest BCUT2D eigenvalue weighted by atomic mass is 10.2. The van der Waals surface area contributed by atoms with E-state index in [1.165, 1.54) is 0 Å². The zero-order valence-corrected chi connectivity index (χ0v) is 13.8. The summed E-state index contributed by atoms with van der Waals surface area (Å²) in [6, 6.07) is 9.14. The van der Waals surface area contributed by atoms with Gasteiger partial charge in [0, 0.05) is 28.8 Å². The molecule has 6 heteroatoms. The number of nitrogens with zero attached hydrogens (tertiary/aromatic N) is 1. The summed E-state index contributed by atoms with van der Waals surface area (Å²) in [5.41, 5.74) is 1.46. The third-order valence-electron chi connectivity index (χ3n) is 2.79. The molecule has 0 aliphatic rings. The summed E-state index contributed by atoms with van der Waals surface area (Å²) in [4.78, 5) is 16.5. The van der Waals surface area contributed by atoms with Gasteiger partial charge in [0.1, 0.15) is 5.82 Å². The van der Waals surface area contributed by atoms with Crippen LogP contribution < -0.4 is 10.6 Å². The van der Waals surface area contributed by atoms with E-state index < -0.39 is 0 Å². The van der Waals surface area contributed by atoms with E-state index in [9.17, 15) is 4.79 Å². The number of rotatable bonds is 5. The average Bonchev–Trinajstić information content (AvgIpc) is 2.47. The number of carbonyl (C=O) groups is 1. The van der Waals surface area contributed by atoms with Crippen LogP contribution in [-0.4, -0.2) is 17.4 Å². The van der Waals surface area contributed by atoms with Gasteiger partial charge in [-0.3, -0.25) is 4.79 Å². The van der Waals surface area contributed by atoms with Crippen molar-refractivity contribution in [3.8, 4) is 0 Å². The third-order valence-corrected chi connectivity index (χ3v) is 3.45. The van der Waals surface area contributed by atoms with Crippen molar-refractivity contribution in [2.75, 3.05) is 11.9 Å². The first kappa shape index (κ1) is 15.8. The molecule has 0 aliphatic heterocycles. The van der Waals surface area contributed by atoms with Crippen LogP contribution in [0.2, 0.25) is 5.02 Å². The maximum absolute atomic E-state index is 12.3. The normalized spacial score (nSPS) is 10.2. The van der Waals surface area contributed by atoms with Gasteiger partial charge in [0.25, 0.3) is 5.91 Å². The number of pyridine rings is 1. The molecule has 0 unspecified atom stereocenters. The zero-order chi connectivity index (χ0) is 15.2. The van der Waals surface area contributed by atoms with Crippen LogP contribution in [0.4, 0.5) is 5.82 Å². The van der Waals surface area contributed by atoms with E-state index in [-0.39, 0.29) is 5.91 Å². The molecule has 21 heavy (non-hydrogen) atoms. The molecule has 2 N–H and O–H groups in total. The van der Waals surface area contributed by atoms with Gasteiger partial charge in [-0.1, -0.05) is 23.7 Å². The van der Waals surface area contributed by atoms with Gasteiger partial charge in [-0.2, -0.15) is 0 Å². The highest BCUT2D eigenvalue weighted by molar-refractivity contribution is 9.10. The molecule has 4 nitrogen and oxygen atoms in total. The van der Waals surface area contributed by atoms with Crippen LogP contribution in [0, 0.1) is 0 Å². The van der Waals surface area contributed by atoms with Crippen molar-refractivity contribution in [3.05, 3.63) is 57.2 Å². The predicted molar refractivity (Wildman–Crippen MR) is 88.7 cm³/mol. The number of hydrogen-bond acceptors (Lipinski definition) is 3. The smallest absolute Gasteiger partial charge is 0.255 e. The number of carbonyl (C=O) groups excluding carboxylic acids is 1. The molecule has 0 saturated carbocycles. The van der Waals surface area contributed by atoms with Crippen molar-refractivity contribution in [3.63, 3.8) is 0 Å². The van der Waals surface area contributed by atoms with Crippen molar-refractivity contribution in [1.82, 2.24) is 10.3 Å². The quantitative estimate of drug-likeness (QED) is 0.842. The SMILES string of the molecule is CCNc1ncc(Br)cc1C(=O)NCc1cccc(Cl)c1. The van der Waals surface area contributed by atoms with E-state index in [1.807, 2.05) is 25.1 Å². The molecule has 2 aromatic rings. The first-order chi connectivity index (χ1) is 10.1. The van der Waals surface area contributed by atoms with Crippen molar-refractivity contribution in [2.45, 2.75) is 13.5 Å². The van der Waals surface area contributed by atoms with Crippen LogP contribution in [0.3, 0.4) is 0 Å². The molecule has 0 saturated heterocycles. The Morgan fingerprint density at radius 2 is 2.19 bits per heavy atom. The molecule has 1 aromatic carbocycles. The molecular weight excluding hydrogens is 354 g/mol. The summed E-state index contributed by atoms with van der Waals surface area (Å²) in [6.07, 6.45) is 1.66. The Morgan fingerprint density at radius 3 is 2.90 bits per heavy atom. The number of aromatic nitrogens is 1. The molecule has 0 bridgehead atoms. The van der Waals surface area contributed by atoms with Crippen LogP contribution >= 0.6 is 27.5 Å². The zero-order valence-electron chi connectivity index (χ0n) is 11.5. The van der Waals surface area contributed by atoms with E-state index in [4.69, 9.17) is 11.6 Å². The Morgan fingerprint density at radius 1 is 1.38 bits per heavy atom. The van der Waals surface area contributed by atoms with E-state index in [1.54, 1.807) is 18.3 Å². The second kappa shape index (κ2) is 7.43. The molecule has 0 radical (unpaired) electrons.